The Hall–Kier alpha value is -3.60. The van der Waals surface area contributed by atoms with Crippen LogP contribution in [0.1, 0.15) is 31.9 Å². The molecule has 41 heavy (non-hydrogen) atoms. The molecular formula is C31H33FN4O4S. The minimum Gasteiger partial charge on any atom is -0.490 e. The maximum absolute atomic E-state index is 14.3. The van der Waals surface area contributed by atoms with Crippen molar-refractivity contribution >= 4 is 27.5 Å². The number of halogens is 1. The van der Waals surface area contributed by atoms with E-state index >= 15 is 0 Å². The maximum Gasteiger partial charge on any atom is 0.410 e. The summed E-state index contributed by atoms with van der Waals surface area (Å²) in [6.45, 7) is 8.85. The predicted octanol–water partition coefficient (Wildman–Crippen LogP) is 5.82. The molecule has 4 aromatic rings. The number of ether oxygens (including phenoxy) is 3. The van der Waals surface area contributed by atoms with E-state index in [9.17, 15) is 9.18 Å². The number of likely N-dealkylation sites (tertiary alicyclic amines) is 1. The molecule has 2 aliphatic heterocycles. The smallest absolute Gasteiger partial charge is 0.410 e. The van der Waals surface area contributed by atoms with Gasteiger partial charge in [-0.25, -0.2) is 9.18 Å². The minimum atomic E-state index is -0.530. The summed E-state index contributed by atoms with van der Waals surface area (Å²) in [5, 5.41) is 15.7. The van der Waals surface area contributed by atoms with Gasteiger partial charge in [0.1, 0.15) is 35.2 Å². The molecule has 2 aliphatic rings. The van der Waals surface area contributed by atoms with Crippen LogP contribution in [0.25, 0.3) is 32.6 Å². The van der Waals surface area contributed by atoms with Crippen LogP contribution in [0.15, 0.2) is 47.8 Å². The number of hydrogen-bond donors (Lipinski definition) is 1. The Morgan fingerprint density at radius 3 is 2.73 bits per heavy atom. The number of benzene rings is 2. The number of aromatic nitrogens is 2. The van der Waals surface area contributed by atoms with Crippen LogP contribution in [-0.2, 0) is 22.4 Å². The SMILES string of the molecule is CC(C)(C)OC(=O)N1CC(OCCOc2cc(F)ccc2-c2nnc(-c3ccc4c(c3)CCNC4)c3ccsc23)C1. The molecule has 6 rings (SSSR count). The van der Waals surface area contributed by atoms with Gasteiger partial charge < -0.3 is 24.4 Å². The number of thiophene rings is 1. The summed E-state index contributed by atoms with van der Waals surface area (Å²) < 4.78 is 32.5. The summed E-state index contributed by atoms with van der Waals surface area (Å²) >= 11 is 1.58. The Kier molecular flexibility index (Phi) is 7.63. The lowest BCUT2D eigenvalue weighted by molar-refractivity contribution is -0.0678. The zero-order valence-electron chi connectivity index (χ0n) is 23.4. The highest BCUT2D eigenvalue weighted by Crippen LogP contribution is 2.39. The molecular weight excluding hydrogens is 543 g/mol. The zero-order chi connectivity index (χ0) is 28.6. The van der Waals surface area contributed by atoms with Gasteiger partial charge in [-0.05, 0) is 74.5 Å². The van der Waals surface area contributed by atoms with Gasteiger partial charge in [0.2, 0.25) is 0 Å². The van der Waals surface area contributed by atoms with Gasteiger partial charge in [-0.15, -0.1) is 21.5 Å². The van der Waals surface area contributed by atoms with Gasteiger partial charge in [-0.2, -0.15) is 0 Å². The van der Waals surface area contributed by atoms with Crippen molar-refractivity contribution in [2.24, 2.45) is 0 Å². The fraction of sp³-hybridized carbons (Fsp3) is 0.387. The van der Waals surface area contributed by atoms with Gasteiger partial charge in [0.15, 0.2) is 0 Å². The molecule has 0 saturated carbocycles. The molecule has 10 heteroatoms. The van der Waals surface area contributed by atoms with Crippen LogP contribution in [0.5, 0.6) is 5.75 Å². The average molecular weight is 577 g/mol. The number of nitrogens with zero attached hydrogens (tertiary/aromatic N) is 3. The van der Waals surface area contributed by atoms with E-state index < -0.39 is 11.4 Å². The molecule has 0 radical (unpaired) electrons. The second kappa shape index (κ2) is 11.3. The van der Waals surface area contributed by atoms with Crippen LogP contribution in [0.2, 0.25) is 0 Å². The van der Waals surface area contributed by atoms with Crippen LogP contribution < -0.4 is 10.1 Å². The molecule has 4 heterocycles. The van der Waals surface area contributed by atoms with E-state index in [0.717, 1.165) is 40.9 Å². The van der Waals surface area contributed by atoms with Crippen molar-refractivity contribution in [2.45, 2.75) is 45.4 Å². The maximum atomic E-state index is 14.3. The quantitative estimate of drug-likeness (QED) is 0.277. The van der Waals surface area contributed by atoms with Crippen LogP contribution >= 0.6 is 11.3 Å². The van der Waals surface area contributed by atoms with Crippen LogP contribution in [0.4, 0.5) is 9.18 Å². The first kappa shape index (κ1) is 27.6. The van der Waals surface area contributed by atoms with E-state index in [-0.39, 0.29) is 18.8 Å². The van der Waals surface area contributed by atoms with E-state index in [1.54, 1.807) is 22.3 Å². The highest BCUT2D eigenvalue weighted by atomic mass is 32.1. The molecule has 0 unspecified atom stereocenters. The highest BCUT2D eigenvalue weighted by Gasteiger charge is 2.34. The lowest BCUT2D eigenvalue weighted by Gasteiger charge is -2.39. The van der Waals surface area contributed by atoms with Gasteiger partial charge in [0.25, 0.3) is 0 Å². The van der Waals surface area contributed by atoms with E-state index in [1.807, 2.05) is 26.2 Å². The highest BCUT2D eigenvalue weighted by molar-refractivity contribution is 7.17. The number of fused-ring (bicyclic) bond motifs is 2. The van der Waals surface area contributed by atoms with Gasteiger partial charge in [0, 0.05) is 29.1 Å². The summed E-state index contributed by atoms with van der Waals surface area (Å²) in [5.41, 5.74) is 5.34. The van der Waals surface area contributed by atoms with Crippen molar-refractivity contribution in [2.75, 3.05) is 32.8 Å². The van der Waals surface area contributed by atoms with Crippen molar-refractivity contribution in [1.29, 1.82) is 0 Å². The standard InChI is InChI=1S/C31H33FN4O4S/c1-31(2,3)40-30(37)36-17-23(18-36)38-11-12-39-26-15-22(32)6-7-24(26)28-29-25(9-13-41-29)27(34-35-28)20-4-5-21-16-33-10-8-19(21)14-20/h4-7,9,13-15,23,33H,8,10-12,16-18H2,1-3H3. The Morgan fingerprint density at radius 2 is 1.90 bits per heavy atom. The molecule has 2 aromatic carbocycles. The van der Waals surface area contributed by atoms with Crippen molar-refractivity contribution < 1.29 is 23.4 Å². The lowest BCUT2D eigenvalue weighted by atomic mass is 9.96. The van der Waals surface area contributed by atoms with E-state index in [1.165, 1.54) is 23.3 Å². The van der Waals surface area contributed by atoms with Gasteiger partial charge in [-0.1, -0.05) is 12.1 Å². The molecule has 8 nitrogen and oxygen atoms in total. The first-order valence-electron chi connectivity index (χ1n) is 13.8. The first-order valence-corrected chi connectivity index (χ1v) is 14.7. The summed E-state index contributed by atoms with van der Waals surface area (Å²) in [7, 11) is 0. The monoisotopic (exact) mass is 576 g/mol. The van der Waals surface area contributed by atoms with Crippen molar-refractivity contribution in [1.82, 2.24) is 20.4 Å². The van der Waals surface area contributed by atoms with Crippen molar-refractivity contribution in [3.8, 4) is 28.3 Å². The number of amides is 1. The van der Waals surface area contributed by atoms with Crippen LogP contribution in [0.3, 0.4) is 0 Å². The second-order valence-electron chi connectivity index (χ2n) is 11.3. The Morgan fingerprint density at radius 1 is 1.07 bits per heavy atom. The molecule has 1 saturated heterocycles. The molecule has 0 aliphatic carbocycles. The fourth-order valence-corrected chi connectivity index (χ4v) is 5.98. The Labute approximate surface area is 242 Å². The topological polar surface area (TPSA) is 85.8 Å². The molecule has 0 atom stereocenters. The molecule has 2 aromatic heterocycles. The zero-order valence-corrected chi connectivity index (χ0v) is 24.2. The molecule has 1 amide bonds. The number of rotatable bonds is 7. The summed E-state index contributed by atoms with van der Waals surface area (Å²) in [6, 6.07) is 13.0. The lowest BCUT2D eigenvalue weighted by Crippen LogP contribution is -2.56. The van der Waals surface area contributed by atoms with Crippen LogP contribution in [0, 0.1) is 5.82 Å². The van der Waals surface area contributed by atoms with Gasteiger partial charge in [0.05, 0.1) is 30.5 Å². The summed E-state index contributed by atoms with van der Waals surface area (Å²) in [4.78, 5) is 13.7. The number of carbonyl (C=O) groups excluding carboxylic acids is 1. The Bertz CT molecular complexity index is 1580. The molecule has 0 spiro atoms. The van der Waals surface area contributed by atoms with Gasteiger partial charge in [-0.3, -0.25) is 0 Å². The number of hydrogen-bond acceptors (Lipinski definition) is 8. The largest absolute Gasteiger partial charge is 0.490 e. The van der Waals surface area contributed by atoms with Crippen LogP contribution in [-0.4, -0.2) is 65.7 Å². The molecule has 1 N–H and O–H groups in total. The van der Waals surface area contributed by atoms with E-state index in [0.29, 0.717) is 36.7 Å². The molecule has 1 fully saturated rings. The average Bonchev–Trinajstić information content (AvgIpc) is 3.41. The molecule has 0 bridgehead atoms. The fourth-order valence-electron chi connectivity index (χ4n) is 5.09. The van der Waals surface area contributed by atoms with Crippen molar-refractivity contribution in [3.63, 3.8) is 0 Å². The van der Waals surface area contributed by atoms with E-state index in [2.05, 4.69) is 39.8 Å². The number of nitrogens with one attached hydrogen (secondary N) is 1. The van der Waals surface area contributed by atoms with Crippen molar-refractivity contribution in [3.05, 3.63) is 64.8 Å². The minimum absolute atomic E-state index is 0.0814. The summed E-state index contributed by atoms with van der Waals surface area (Å²) in [5.74, 6) is -0.0113. The first-order chi connectivity index (χ1) is 19.7. The number of carbonyl (C=O) groups is 1. The van der Waals surface area contributed by atoms with Gasteiger partial charge >= 0.3 is 6.09 Å². The third-order valence-corrected chi connectivity index (χ3v) is 8.07. The van der Waals surface area contributed by atoms with E-state index in [4.69, 9.17) is 14.2 Å². The third kappa shape index (κ3) is 6.05. The Balaban J connectivity index is 1.14. The summed E-state index contributed by atoms with van der Waals surface area (Å²) in [6.07, 6.45) is 0.570. The normalized spacial score (nSPS) is 15.5. The molecule has 214 valence electrons. The predicted molar refractivity (Wildman–Crippen MR) is 157 cm³/mol. The third-order valence-electron chi connectivity index (χ3n) is 7.14. The second-order valence-corrected chi connectivity index (χ2v) is 12.3.